The first-order valence-electron chi connectivity index (χ1n) is 16.4. The van der Waals surface area contributed by atoms with Crippen molar-refractivity contribution >= 4 is 17.9 Å². The molecule has 256 valence electrons. The first-order valence-corrected chi connectivity index (χ1v) is 16.4. The van der Waals surface area contributed by atoms with Gasteiger partial charge in [0.15, 0.2) is 23.2 Å². The number of anilines is 2. The summed E-state index contributed by atoms with van der Waals surface area (Å²) in [5.41, 5.74) is -0.685. The zero-order valence-corrected chi connectivity index (χ0v) is 28.0. The quantitative estimate of drug-likeness (QED) is 0.164. The van der Waals surface area contributed by atoms with E-state index in [1.807, 2.05) is 18.7 Å². The number of benzene rings is 1. The predicted molar refractivity (Wildman–Crippen MR) is 170 cm³/mol. The topological polar surface area (TPSA) is 107 Å². The molecule has 1 aromatic carbocycles. The number of aromatic nitrogens is 4. The number of piperidine rings is 1. The fraction of sp³-hybridized carbons (Fsp3) is 0.618. The average Bonchev–Trinajstić information content (AvgIpc) is 3.67. The Balaban J connectivity index is 1.14. The van der Waals surface area contributed by atoms with Gasteiger partial charge in [-0.3, -0.25) is 4.79 Å². The molecule has 0 bridgehead atoms. The van der Waals surface area contributed by atoms with E-state index in [1.165, 1.54) is 0 Å². The Kier molecular flexibility index (Phi) is 10.6. The molecule has 4 heterocycles. The predicted octanol–water partition coefficient (Wildman–Crippen LogP) is 6.67. The Hall–Kier alpha value is -3.90. The number of halogens is 3. The van der Waals surface area contributed by atoms with E-state index in [-0.39, 0.29) is 24.4 Å². The number of carbonyl (C=O) groups excluding carboxylic acids is 1. The maximum Gasteiger partial charge on any atom is 0.324 e. The van der Waals surface area contributed by atoms with E-state index in [9.17, 15) is 18.0 Å². The Morgan fingerprint density at radius 2 is 1.68 bits per heavy atom. The van der Waals surface area contributed by atoms with Crippen molar-refractivity contribution in [3.63, 3.8) is 0 Å². The minimum atomic E-state index is -1.26. The fourth-order valence-electron chi connectivity index (χ4n) is 6.41. The van der Waals surface area contributed by atoms with Crippen molar-refractivity contribution in [1.29, 1.82) is 0 Å². The first kappa shape index (κ1) is 34.4. The average molecular weight is 659 g/mol. The van der Waals surface area contributed by atoms with Crippen LogP contribution in [0, 0.1) is 35.2 Å². The molecule has 2 aromatic heterocycles. The highest BCUT2D eigenvalue weighted by atomic mass is 19.2. The highest BCUT2D eigenvalue weighted by Gasteiger charge is 2.39. The summed E-state index contributed by atoms with van der Waals surface area (Å²) in [6.07, 6.45) is 6.12. The lowest BCUT2D eigenvalue weighted by atomic mass is 9.84. The van der Waals surface area contributed by atoms with Crippen molar-refractivity contribution < 1.29 is 32.0 Å². The van der Waals surface area contributed by atoms with Crippen LogP contribution in [0.3, 0.4) is 0 Å². The smallest absolute Gasteiger partial charge is 0.324 e. The summed E-state index contributed by atoms with van der Waals surface area (Å²) < 4.78 is 59.6. The van der Waals surface area contributed by atoms with Gasteiger partial charge in [0.2, 0.25) is 5.95 Å². The Labute approximate surface area is 274 Å². The standard InChI is InChI=1S/C34H45F3N6O4/c1-20(2)31-40-33(47-41-31)42-10-7-22(8-11-42)21(3)9-12-45-24-16-38-32(39-17-24)43-18-23(13-30(44)46-34(4,5)6)26(19-43)25-14-28(36)29(37)15-27(25)35/h14-17,20-23,26H,7-13,18-19H2,1-6H3/t21-,23+,26+/m1/s1. The Bertz CT molecular complexity index is 1500. The molecule has 10 nitrogen and oxygen atoms in total. The van der Waals surface area contributed by atoms with Gasteiger partial charge in [-0.1, -0.05) is 25.9 Å². The highest BCUT2D eigenvalue weighted by molar-refractivity contribution is 5.70. The molecule has 2 saturated heterocycles. The van der Waals surface area contributed by atoms with Crippen LogP contribution in [0.2, 0.25) is 0 Å². The third kappa shape index (κ3) is 8.72. The molecule has 0 N–H and O–H groups in total. The van der Waals surface area contributed by atoms with E-state index in [4.69, 9.17) is 14.0 Å². The molecule has 0 unspecified atom stereocenters. The number of esters is 1. The van der Waals surface area contributed by atoms with Crippen LogP contribution in [0.5, 0.6) is 5.75 Å². The number of hydrogen-bond donors (Lipinski definition) is 0. The third-order valence-electron chi connectivity index (χ3n) is 9.03. The monoisotopic (exact) mass is 658 g/mol. The lowest BCUT2D eigenvalue weighted by molar-refractivity contribution is -0.155. The van der Waals surface area contributed by atoms with E-state index in [0.29, 0.717) is 48.8 Å². The maximum atomic E-state index is 14.9. The molecule has 2 fully saturated rings. The first-order chi connectivity index (χ1) is 22.3. The molecule has 0 amide bonds. The van der Waals surface area contributed by atoms with Crippen LogP contribution in [-0.4, -0.2) is 64.5 Å². The largest absolute Gasteiger partial charge is 0.490 e. The molecule has 2 aliphatic heterocycles. The minimum absolute atomic E-state index is 0.00890. The van der Waals surface area contributed by atoms with Crippen LogP contribution in [0.4, 0.5) is 25.1 Å². The molecule has 3 atom stereocenters. The lowest BCUT2D eigenvalue weighted by Crippen LogP contribution is -2.36. The van der Waals surface area contributed by atoms with Gasteiger partial charge in [0.1, 0.15) is 11.4 Å². The van der Waals surface area contributed by atoms with Crippen LogP contribution < -0.4 is 14.5 Å². The molecule has 0 saturated carbocycles. The van der Waals surface area contributed by atoms with E-state index in [0.717, 1.165) is 44.2 Å². The molecule has 0 aliphatic carbocycles. The summed E-state index contributed by atoms with van der Waals surface area (Å²) in [4.78, 5) is 30.2. The zero-order chi connectivity index (χ0) is 33.9. The van der Waals surface area contributed by atoms with Gasteiger partial charge < -0.3 is 23.8 Å². The van der Waals surface area contributed by atoms with E-state index in [1.54, 1.807) is 33.2 Å². The molecular weight excluding hydrogens is 613 g/mol. The molecule has 47 heavy (non-hydrogen) atoms. The minimum Gasteiger partial charge on any atom is -0.490 e. The van der Waals surface area contributed by atoms with Crippen LogP contribution in [0.1, 0.15) is 90.4 Å². The highest BCUT2D eigenvalue weighted by Crippen LogP contribution is 2.39. The number of carbonyl (C=O) groups is 1. The van der Waals surface area contributed by atoms with Crippen LogP contribution in [0.15, 0.2) is 29.0 Å². The van der Waals surface area contributed by atoms with Gasteiger partial charge in [0.05, 0.1) is 25.4 Å². The molecule has 5 rings (SSSR count). The van der Waals surface area contributed by atoms with Crippen LogP contribution >= 0.6 is 0 Å². The van der Waals surface area contributed by atoms with Crippen molar-refractivity contribution in [2.75, 3.05) is 42.6 Å². The second-order valence-corrected chi connectivity index (χ2v) is 14.1. The van der Waals surface area contributed by atoms with Crippen molar-refractivity contribution in [2.24, 2.45) is 17.8 Å². The maximum absolute atomic E-state index is 14.9. The summed E-state index contributed by atoms with van der Waals surface area (Å²) >= 11 is 0. The van der Waals surface area contributed by atoms with Gasteiger partial charge in [-0.15, -0.1) is 0 Å². The van der Waals surface area contributed by atoms with E-state index >= 15 is 0 Å². The third-order valence-corrected chi connectivity index (χ3v) is 9.03. The molecule has 0 spiro atoms. The molecular formula is C34H45F3N6O4. The molecule has 2 aliphatic rings. The second kappa shape index (κ2) is 14.5. The molecule has 13 heteroatoms. The Morgan fingerprint density at radius 1 is 1.00 bits per heavy atom. The van der Waals surface area contributed by atoms with Crippen LogP contribution in [-0.2, 0) is 9.53 Å². The lowest BCUT2D eigenvalue weighted by Gasteiger charge is -2.33. The normalized spacial score (nSPS) is 19.8. The van der Waals surface area contributed by atoms with Gasteiger partial charge in [-0.05, 0) is 69.4 Å². The van der Waals surface area contributed by atoms with Gasteiger partial charge in [-0.2, -0.15) is 4.98 Å². The Morgan fingerprint density at radius 3 is 2.32 bits per heavy atom. The molecule has 3 aromatic rings. The van der Waals surface area contributed by atoms with Crippen molar-refractivity contribution in [2.45, 2.75) is 84.7 Å². The van der Waals surface area contributed by atoms with Gasteiger partial charge in [-0.25, -0.2) is 23.1 Å². The SMILES string of the molecule is CC(C)c1noc(N2CCC([C@H](C)CCOc3cnc(N4C[C@H](CC(=O)OC(C)(C)C)[C@@H](c5cc(F)c(F)cc5F)C4)nc3)CC2)n1. The van der Waals surface area contributed by atoms with Crippen molar-refractivity contribution in [1.82, 2.24) is 20.1 Å². The van der Waals surface area contributed by atoms with Crippen LogP contribution in [0.25, 0.3) is 0 Å². The number of nitrogens with zero attached hydrogens (tertiary/aromatic N) is 6. The van der Waals surface area contributed by atoms with E-state index in [2.05, 4.69) is 31.9 Å². The summed E-state index contributed by atoms with van der Waals surface area (Å²) in [6.45, 7) is 14.4. The van der Waals surface area contributed by atoms with Crippen molar-refractivity contribution in [3.05, 3.63) is 53.4 Å². The number of rotatable bonds is 11. The summed E-state index contributed by atoms with van der Waals surface area (Å²) in [5, 5.41) is 4.08. The van der Waals surface area contributed by atoms with Gasteiger partial charge in [0, 0.05) is 44.1 Å². The number of ether oxygens (including phenoxy) is 2. The van der Waals surface area contributed by atoms with Gasteiger partial charge in [0.25, 0.3) is 0 Å². The summed E-state index contributed by atoms with van der Waals surface area (Å²) in [6, 6.07) is 2.02. The molecule has 0 radical (unpaired) electrons. The second-order valence-electron chi connectivity index (χ2n) is 14.1. The summed E-state index contributed by atoms with van der Waals surface area (Å²) in [7, 11) is 0. The van der Waals surface area contributed by atoms with E-state index < -0.39 is 40.9 Å². The summed E-state index contributed by atoms with van der Waals surface area (Å²) in [5.74, 6) is -1.85. The van der Waals surface area contributed by atoms with Gasteiger partial charge >= 0.3 is 12.0 Å². The number of hydrogen-bond acceptors (Lipinski definition) is 10. The fourth-order valence-corrected chi connectivity index (χ4v) is 6.41. The van der Waals surface area contributed by atoms with Crippen molar-refractivity contribution in [3.8, 4) is 5.75 Å². The zero-order valence-electron chi connectivity index (χ0n) is 28.0.